The molecule has 0 bridgehead atoms. The summed E-state index contributed by atoms with van der Waals surface area (Å²) in [5, 5.41) is 11.3. The van der Waals surface area contributed by atoms with Crippen molar-refractivity contribution in [3.05, 3.63) is 24.4 Å². The molecule has 1 heterocycles. The van der Waals surface area contributed by atoms with E-state index >= 15 is 0 Å². The van der Waals surface area contributed by atoms with Gasteiger partial charge < -0.3 is 10.4 Å². The summed E-state index contributed by atoms with van der Waals surface area (Å²) in [6, 6.07) is 4.68. The zero-order chi connectivity index (χ0) is 8.97. The molecular weight excluding hydrogens is 227 g/mol. The highest BCUT2D eigenvalue weighted by atomic mass is 35.5. The number of carbonyl (C=O) groups is 1. The summed E-state index contributed by atoms with van der Waals surface area (Å²) < 4.78 is 0. The Hall–Kier alpha value is -1.00. The standard InChI is InChI=1S/C8H10N2O2.2ClH/c1-6(8(11)12)10-7-4-2-3-5-9-7;;/h2-6H,1H3,(H,9,10)(H,11,12);2*1H/t6-;;/m0../s1. The quantitative estimate of drug-likeness (QED) is 0.844. The van der Waals surface area contributed by atoms with E-state index in [-0.39, 0.29) is 24.8 Å². The van der Waals surface area contributed by atoms with Gasteiger partial charge in [-0.25, -0.2) is 4.98 Å². The maximum Gasteiger partial charge on any atom is 0.325 e. The molecule has 0 fully saturated rings. The van der Waals surface area contributed by atoms with Crippen LogP contribution in [0.15, 0.2) is 24.4 Å². The highest BCUT2D eigenvalue weighted by Crippen LogP contribution is 2.01. The Morgan fingerprint density at radius 3 is 2.57 bits per heavy atom. The minimum Gasteiger partial charge on any atom is -0.480 e. The van der Waals surface area contributed by atoms with E-state index in [0.717, 1.165) is 0 Å². The van der Waals surface area contributed by atoms with Crippen molar-refractivity contribution in [1.29, 1.82) is 0 Å². The van der Waals surface area contributed by atoms with Gasteiger partial charge in [0.15, 0.2) is 0 Å². The van der Waals surface area contributed by atoms with Crippen LogP contribution in [-0.4, -0.2) is 22.1 Å². The van der Waals surface area contributed by atoms with Crippen molar-refractivity contribution in [2.24, 2.45) is 0 Å². The second-order valence-corrected chi connectivity index (χ2v) is 2.42. The number of anilines is 1. The van der Waals surface area contributed by atoms with E-state index in [1.165, 1.54) is 0 Å². The summed E-state index contributed by atoms with van der Waals surface area (Å²) in [5.74, 6) is -0.312. The normalized spacial score (nSPS) is 10.4. The summed E-state index contributed by atoms with van der Waals surface area (Å²) in [7, 11) is 0. The number of halogens is 2. The van der Waals surface area contributed by atoms with E-state index in [2.05, 4.69) is 10.3 Å². The molecule has 2 N–H and O–H groups in total. The predicted molar refractivity (Wildman–Crippen MR) is 59.5 cm³/mol. The molecule has 6 heteroatoms. The third kappa shape index (κ3) is 4.89. The van der Waals surface area contributed by atoms with Crippen LogP contribution in [0.4, 0.5) is 5.82 Å². The number of hydrogen-bond donors (Lipinski definition) is 2. The average molecular weight is 239 g/mol. The first-order valence-electron chi connectivity index (χ1n) is 3.60. The zero-order valence-electron chi connectivity index (χ0n) is 7.51. The van der Waals surface area contributed by atoms with Crippen molar-refractivity contribution in [2.75, 3.05) is 5.32 Å². The molecule has 14 heavy (non-hydrogen) atoms. The number of aromatic nitrogens is 1. The molecule has 0 aliphatic carbocycles. The highest BCUT2D eigenvalue weighted by molar-refractivity contribution is 5.85. The monoisotopic (exact) mass is 238 g/mol. The van der Waals surface area contributed by atoms with E-state index in [4.69, 9.17) is 5.11 Å². The number of nitrogens with one attached hydrogen (secondary N) is 1. The first-order valence-corrected chi connectivity index (χ1v) is 3.60. The maximum absolute atomic E-state index is 10.4. The first kappa shape index (κ1) is 15.5. The number of rotatable bonds is 3. The van der Waals surface area contributed by atoms with Gasteiger partial charge in [0.05, 0.1) is 0 Å². The van der Waals surface area contributed by atoms with Crippen molar-refractivity contribution in [3.8, 4) is 0 Å². The van der Waals surface area contributed by atoms with Crippen molar-refractivity contribution in [3.63, 3.8) is 0 Å². The minimum absolute atomic E-state index is 0. The third-order valence-corrected chi connectivity index (χ3v) is 1.40. The van der Waals surface area contributed by atoms with Gasteiger partial charge >= 0.3 is 5.97 Å². The number of carboxylic acids is 1. The Morgan fingerprint density at radius 2 is 2.14 bits per heavy atom. The van der Waals surface area contributed by atoms with E-state index in [9.17, 15) is 4.79 Å². The Kier molecular flexibility index (Phi) is 8.19. The van der Waals surface area contributed by atoms with Gasteiger partial charge in [-0.05, 0) is 19.1 Å². The highest BCUT2D eigenvalue weighted by Gasteiger charge is 2.09. The molecule has 1 aromatic heterocycles. The van der Waals surface area contributed by atoms with Crippen LogP contribution in [0.25, 0.3) is 0 Å². The Bertz CT molecular complexity index is 269. The lowest BCUT2D eigenvalue weighted by molar-refractivity contribution is -0.137. The first-order chi connectivity index (χ1) is 5.70. The van der Waals surface area contributed by atoms with E-state index in [1.807, 2.05) is 0 Å². The Balaban J connectivity index is 0. The molecule has 0 unspecified atom stereocenters. The van der Waals surface area contributed by atoms with Crippen molar-refractivity contribution >= 4 is 36.6 Å². The van der Waals surface area contributed by atoms with E-state index < -0.39 is 12.0 Å². The molecule has 0 spiro atoms. The lowest BCUT2D eigenvalue weighted by atomic mass is 10.3. The average Bonchev–Trinajstić information content (AvgIpc) is 2.06. The molecule has 0 aromatic carbocycles. The van der Waals surface area contributed by atoms with Crippen LogP contribution in [0, 0.1) is 0 Å². The van der Waals surface area contributed by atoms with Crippen molar-refractivity contribution in [1.82, 2.24) is 4.98 Å². The summed E-state index contributed by atoms with van der Waals surface area (Å²) in [6.07, 6.45) is 1.61. The molecule has 1 atom stereocenters. The number of hydrogen-bond acceptors (Lipinski definition) is 3. The Morgan fingerprint density at radius 1 is 1.50 bits per heavy atom. The summed E-state index contributed by atoms with van der Waals surface area (Å²) >= 11 is 0. The molecule has 1 aromatic rings. The number of aliphatic carboxylic acids is 1. The predicted octanol–water partition coefficient (Wildman–Crippen LogP) is 1.81. The second kappa shape index (κ2) is 7.41. The van der Waals surface area contributed by atoms with Crippen molar-refractivity contribution in [2.45, 2.75) is 13.0 Å². The topological polar surface area (TPSA) is 62.2 Å². The number of pyridine rings is 1. The van der Waals surface area contributed by atoms with Crippen LogP contribution in [0.3, 0.4) is 0 Å². The van der Waals surface area contributed by atoms with Crippen molar-refractivity contribution < 1.29 is 9.90 Å². The molecule has 0 aliphatic heterocycles. The summed E-state index contributed by atoms with van der Waals surface area (Å²) in [6.45, 7) is 1.57. The fourth-order valence-electron chi connectivity index (χ4n) is 0.732. The molecule has 0 saturated heterocycles. The van der Waals surface area contributed by atoms with E-state index in [0.29, 0.717) is 5.82 Å². The fraction of sp³-hybridized carbons (Fsp3) is 0.250. The molecule has 0 radical (unpaired) electrons. The molecule has 4 nitrogen and oxygen atoms in total. The van der Waals surface area contributed by atoms with Gasteiger partial charge in [-0.1, -0.05) is 6.07 Å². The van der Waals surface area contributed by atoms with Gasteiger partial charge in [-0.2, -0.15) is 0 Å². The molecule has 1 rings (SSSR count). The fourth-order valence-corrected chi connectivity index (χ4v) is 0.732. The molecule has 80 valence electrons. The zero-order valence-corrected chi connectivity index (χ0v) is 9.14. The SMILES string of the molecule is C[C@H](Nc1ccccn1)C(=O)O.Cl.Cl. The third-order valence-electron chi connectivity index (χ3n) is 1.40. The van der Waals surface area contributed by atoms with Crippen LogP contribution < -0.4 is 5.32 Å². The number of nitrogens with zero attached hydrogens (tertiary/aromatic N) is 1. The van der Waals surface area contributed by atoms with Crippen LogP contribution >= 0.6 is 24.8 Å². The lowest BCUT2D eigenvalue weighted by Gasteiger charge is -2.08. The maximum atomic E-state index is 10.4. The van der Waals surface area contributed by atoms with Crippen LogP contribution in [0.2, 0.25) is 0 Å². The van der Waals surface area contributed by atoms with Crippen LogP contribution in [0.1, 0.15) is 6.92 Å². The largest absolute Gasteiger partial charge is 0.480 e. The van der Waals surface area contributed by atoms with Gasteiger partial charge in [0, 0.05) is 6.20 Å². The minimum atomic E-state index is -0.888. The van der Waals surface area contributed by atoms with Gasteiger partial charge in [-0.3, -0.25) is 4.79 Å². The molecular formula is C8H12Cl2N2O2. The van der Waals surface area contributed by atoms with Gasteiger partial charge in [0.2, 0.25) is 0 Å². The van der Waals surface area contributed by atoms with Gasteiger partial charge in [0.25, 0.3) is 0 Å². The summed E-state index contributed by atoms with van der Waals surface area (Å²) in [4.78, 5) is 14.3. The van der Waals surface area contributed by atoms with E-state index in [1.54, 1.807) is 31.3 Å². The van der Waals surface area contributed by atoms with Gasteiger partial charge in [0.1, 0.15) is 11.9 Å². The second-order valence-electron chi connectivity index (χ2n) is 2.42. The lowest BCUT2D eigenvalue weighted by Crippen LogP contribution is -2.25. The van der Waals surface area contributed by atoms with Crippen LogP contribution in [0.5, 0.6) is 0 Å². The number of carboxylic acid groups (broad SMARTS) is 1. The molecule has 0 amide bonds. The molecule has 0 saturated carbocycles. The van der Waals surface area contributed by atoms with Crippen LogP contribution in [-0.2, 0) is 4.79 Å². The molecule has 0 aliphatic rings. The smallest absolute Gasteiger partial charge is 0.325 e. The van der Waals surface area contributed by atoms with Gasteiger partial charge in [-0.15, -0.1) is 24.8 Å². The summed E-state index contributed by atoms with van der Waals surface area (Å²) in [5.41, 5.74) is 0. The Labute approximate surface area is 94.6 Å².